The first-order valence-electron chi connectivity index (χ1n) is 7.78. The molecule has 124 valence electrons. The fourth-order valence-electron chi connectivity index (χ4n) is 1.66. The molecule has 0 spiro atoms. The number of nitrogens with zero attached hydrogens (tertiary/aromatic N) is 1. The van der Waals surface area contributed by atoms with Crippen molar-refractivity contribution >= 4 is 11.9 Å². The number of hydrogen-bond acceptors (Lipinski definition) is 3. The van der Waals surface area contributed by atoms with Gasteiger partial charge in [-0.3, -0.25) is 4.79 Å². The molecule has 0 heterocycles. The fourth-order valence-corrected chi connectivity index (χ4v) is 1.66. The summed E-state index contributed by atoms with van der Waals surface area (Å²) in [6, 6.07) is -0.123. The van der Waals surface area contributed by atoms with Crippen LogP contribution in [-0.4, -0.2) is 56.6 Å². The number of likely N-dealkylation sites (N-methyl/N-ethyl adjacent to an activating group) is 1. The molecule has 0 saturated carbocycles. The lowest BCUT2D eigenvalue weighted by molar-refractivity contribution is -0.121. The van der Waals surface area contributed by atoms with E-state index in [0.29, 0.717) is 37.9 Å². The monoisotopic (exact) mass is 300 g/mol. The number of rotatable bonds is 10. The van der Waals surface area contributed by atoms with E-state index in [1.807, 2.05) is 20.9 Å². The molecule has 0 aromatic rings. The molecule has 3 amide bonds. The third kappa shape index (κ3) is 13.4. The summed E-state index contributed by atoms with van der Waals surface area (Å²) < 4.78 is 0. The van der Waals surface area contributed by atoms with Gasteiger partial charge >= 0.3 is 6.03 Å². The van der Waals surface area contributed by atoms with Gasteiger partial charge in [0.25, 0.3) is 0 Å². The normalized spacial score (nSPS) is 11.0. The Morgan fingerprint density at radius 3 is 2.00 bits per heavy atom. The van der Waals surface area contributed by atoms with Gasteiger partial charge in [0.05, 0.1) is 0 Å². The van der Waals surface area contributed by atoms with Crippen molar-refractivity contribution in [3.8, 4) is 0 Å². The highest BCUT2D eigenvalue weighted by molar-refractivity contribution is 5.76. The highest BCUT2D eigenvalue weighted by atomic mass is 16.2. The molecule has 0 aliphatic rings. The zero-order chi connectivity index (χ0) is 16.3. The van der Waals surface area contributed by atoms with Gasteiger partial charge in [-0.25, -0.2) is 4.79 Å². The number of urea groups is 1. The predicted octanol–water partition coefficient (Wildman–Crippen LogP) is 1.04. The van der Waals surface area contributed by atoms with Crippen molar-refractivity contribution in [2.45, 2.75) is 34.1 Å². The van der Waals surface area contributed by atoms with Gasteiger partial charge in [0.15, 0.2) is 0 Å². The van der Waals surface area contributed by atoms with Crippen LogP contribution in [0.25, 0.3) is 0 Å². The summed E-state index contributed by atoms with van der Waals surface area (Å²) in [7, 11) is 1.97. The Balaban J connectivity index is 3.56. The minimum Gasteiger partial charge on any atom is -0.355 e. The smallest absolute Gasteiger partial charge is 0.314 e. The van der Waals surface area contributed by atoms with E-state index in [9.17, 15) is 9.59 Å². The maximum atomic E-state index is 11.5. The summed E-state index contributed by atoms with van der Waals surface area (Å²) in [6.07, 6.45) is 0.571. The standard InChI is InChI=1S/C15H32N4O2/c1-12(2)10-14(20)16-6-8-19(5)9-7-17-15(21)18-11-13(3)4/h12-13H,6-11H2,1-5H3,(H,16,20)(H2,17,18,21). The van der Waals surface area contributed by atoms with Crippen LogP contribution in [0.3, 0.4) is 0 Å². The zero-order valence-electron chi connectivity index (χ0n) is 14.2. The molecule has 0 aliphatic carbocycles. The third-order valence-electron chi connectivity index (χ3n) is 2.86. The number of amides is 3. The minimum absolute atomic E-state index is 0.101. The second-order valence-electron chi connectivity index (χ2n) is 6.28. The summed E-state index contributed by atoms with van der Waals surface area (Å²) in [5.41, 5.74) is 0. The highest BCUT2D eigenvalue weighted by Gasteiger charge is 2.05. The van der Waals surface area contributed by atoms with E-state index in [2.05, 4.69) is 34.7 Å². The van der Waals surface area contributed by atoms with Gasteiger partial charge in [0, 0.05) is 39.1 Å². The lowest BCUT2D eigenvalue weighted by atomic mass is 10.1. The first-order valence-corrected chi connectivity index (χ1v) is 7.78. The van der Waals surface area contributed by atoms with Crippen LogP contribution in [0.1, 0.15) is 34.1 Å². The van der Waals surface area contributed by atoms with E-state index in [0.717, 1.165) is 13.1 Å². The van der Waals surface area contributed by atoms with Crippen molar-refractivity contribution in [1.82, 2.24) is 20.9 Å². The zero-order valence-corrected chi connectivity index (χ0v) is 14.2. The fraction of sp³-hybridized carbons (Fsp3) is 0.867. The quantitative estimate of drug-likeness (QED) is 0.564. The number of nitrogens with one attached hydrogen (secondary N) is 3. The van der Waals surface area contributed by atoms with Crippen LogP contribution < -0.4 is 16.0 Å². The molecule has 3 N–H and O–H groups in total. The van der Waals surface area contributed by atoms with E-state index in [-0.39, 0.29) is 11.9 Å². The van der Waals surface area contributed by atoms with Crippen molar-refractivity contribution in [2.75, 3.05) is 39.8 Å². The van der Waals surface area contributed by atoms with Gasteiger partial charge in [-0.05, 0) is 18.9 Å². The van der Waals surface area contributed by atoms with Crippen LogP contribution in [0.2, 0.25) is 0 Å². The Hall–Kier alpha value is -1.30. The Morgan fingerprint density at radius 1 is 0.905 bits per heavy atom. The maximum absolute atomic E-state index is 11.5. The summed E-state index contributed by atoms with van der Waals surface area (Å²) in [5.74, 6) is 0.939. The average molecular weight is 300 g/mol. The summed E-state index contributed by atoms with van der Waals surface area (Å²) >= 11 is 0. The molecule has 6 heteroatoms. The first kappa shape index (κ1) is 19.7. The van der Waals surface area contributed by atoms with Crippen LogP contribution in [0.4, 0.5) is 4.79 Å². The predicted molar refractivity (Wildman–Crippen MR) is 86.2 cm³/mol. The highest BCUT2D eigenvalue weighted by Crippen LogP contribution is 1.97. The van der Waals surface area contributed by atoms with Crippen LogP contribution >= 0.6 is 0 Å². The molecule has 0 saturated heterocycles. The molecule has 0 aliphatic heterocycles. The SMILES string of the molecule is CC(C)CNC(=O)NCCN(C)CCNC(=O)CC(C)C. The molecular formula is C15H32N4O2. The van der Waals surface area contributed by atoms with E-state index in [1.165, 1.54) is 0 Å². The van der Waals surface area contributed by atoms with Gasteiger partial charge in [-0.2, -0.15) is 0 Å². The van der Waals surface area contributed by atoms with Crippen molar-refractivity contribution in [3.05, 3.63) is 0 Å². The van der Waals surface area contributed by atoms with Crippen molar-refractivity contribution in [3.63, 3.8) is 0 Å². The van der Waals surface area contributed by atoms with Crippen molar-refractivity contribution in [2.24, 2.45) is 11.8 Å². The number of hydrogen-bond donors (Lipinski definition) is 3. The van der Waals surface area contributed by atoms with Crippen molar-refractivity contribution < 1.29 is 9.59 Å². The van der Waals surface area contributed by atoms with Gasteiger partial charge < -0.3 is 20.9 Å². The summed E-state index contributed by atoms with van der Waals surface area (Å²) in [5, 5.41) is 8.52. The summed E-state index contributed by atoms with van der Waals surface area (Å²) in [6.45, 7) is 11.6. The van der Waals surface area contributed by atoms with E-state index in [4.69, 9.17) is 0 Å². The summed E-state index contributed by atoms with van der Waals surface area (Å²) in [4.78, 5) is 25.0. The molecular weight excluding hydrogens is 268 g/mol. The minimum atomic E-state index is -0.123. The molecule has 0 bridgehead atoms. The molecule has 0 aromatic carbocycles. The van der Waals surface area contributed by atoms with Crippen LogP contribution in [0, 0.1) is 11.8 Å². The van der Waals surface area contributed by atoms with Crippen molar-refractivity contribution in [1.29, 1.82) is 0 Å². The van der Waals surface area contributed by atoms with E-state index < -0.39 is 0 Å². The third-order valence-corrected chi connectivity index (χ3v) is 2.86. The molecule has 0 aromatic heterocycles. The number of carbonyl (C=O) groups excluding carboxylic acids is 2. The Labute approximate surface area is 129 Å². The average Bonchev–Trinajstić information content (AvgIpc) is 2.35. The van der Waals surface area contributed by atoms with Gasteiger partial charge in [0.2, 0.25) is 5.91 Å². The molecule has 0 radical (unpaired) electrons. The Bertz CT molecular complexity index is 306. The molecule has 0 unspecified atom stereocenters. The van der Waals surface area contributed by atoms with Gasteiger partial charge in [-0.1, -0.05) is 27.7 Å². The van der Waals surface area contributed by atoms with E-state index >= 15 is 0 Å². The number of carbonyl (C=O) groups is 2. The Morgan fingerprint density at radius 2 is 1.48 bits per heavy atom. The van der Waals surface area contributed by atoms with Crippen LogP contribution in [0.5, 0.6) is 0 Å². The van der Waals surface area contributed by atoms with E-state index in [1.54, 1.807) is 0 Å². The molecule has 6 nitrogen and oxygen atoms in total. The lowest BCUT2D eigenvalue weighted by Gasteiger charge is -2.17. The Kier molecular flexibility index (Phi) is 10.7. The second-order valence-corrected chi connectivity index (χ2v) is 6.28. The second kappa shape index (κ2) is 11.4. The van der Waals surface area contributed by atoms with Crippen LogP contribution in [-0.2, 0) is 4.79 Å². The first-order chi connectivity index (χ1) is 9.81. The van der Waals surface area contributed by atoms with Gasteiger partial charge in [0.1, 0.15) is 0 Å². The molecule has 0 rings (SSSR count). The topological polar surface area (TPSA) is 73.5 Å². The molecule has 21 heavy (non-hydrogen) atoms. The molecule has 0 fully saturated rings. The van der Waals surface area contributed by atoms with Gasteiger partial charge in [-0.15, -0.1) is 0 Å². The maximum Gasteiger partial charge on any atom is 0.314 e. The van der Waals surface area contributed by atoms with Crippen LogP contribution in [0.15, 0.2) is 0 Å². The molecule has 0 atom stereocenters. The largest absolute Gasteiger partial charge is 0.355 e. The lowest BCUT2D eigenvalue weighted by Crippen LogP contribution is -2.42.